The summed E-state index contributed by atoms with van der Waals surface area (Å²) in [6.07, 6.45) is 1.56. The second kappa shape index (κ2) is 4.00. The van der Waals surface area contributed by atoms with E-state index in [-0.39, 0.29) is 16.9 Å². The number of phenols is 1. The maximum atomic E-state index is 11.9. The topological polar surface area (TPSA) is 63.3 Å². The van der Waals surface area contributed by atoms with Gasteiger partial charge in [-0.15, -0.1) is 0 Å². The van der Waals surface area contributed by atoms with Gasteiger partial charge < -0.3 is 9.52 Å². The molecule has 0 aliphatic rings. The highest BCUT2D eigenvalue weighted by atomic mass is 16.3. The molecular formula is C14H9NO3. The monoisotopic (exact) mass is 239 g/mol. The molecule has 88 valence electrons. The third-order valence-corrected chi connectivity index (χ3v) is 2.67. The van der Waals surface area contributed by atoms with Crippen molar-refractivity contribution in [3.05, 3.63) is 58.9 Å². The van der Waals surface area contributed by atoms with Gasteiger partial charge in [0.15, 0.2) is 5.43 Å². The molecule has 0 unspecified atom stereocenters. The Kier molecular flexibility index (Phi) is 2.34. The van der Waals surface area contributed by atoms with E-state index in [1.54, 1.807) is 36.5 Å². The molecule has 1 N–H and O–H groups in total. The van der Waals surface area contributed by atoms with E-state index in [0.717, 1.165) is 0 Å². The van der Waals surface area contributed by atoms with Crippen LogP contribution >= 0.6 is 0 Å². The van der Waals surface area contributed by atoms with Gasteiger partial charge in [-0.2, -0.15) is 0 Å². The number of fused-ring (bicyclic) bond motifs is 1. The first kappa shape index (κ1) is 10.5. The number of aromatic nitrogens is 1. The van der Waals surface area contributed by atoms with Crippen molar-refractivity contribution in [3.63, 3.8) is 0 Å². The third kappa shape index (κ3) is 1.64. The molecule has 0 amide bonds. The van der Waals surface area contributed by atoms with E-state index < -0.39 is 0 Å². The number of hydrogen-bond donors (Lipinski definition) is 1. The minimum absolute atomic E-state index is 0.0657. The van der Waals surface area contributed by atoms with Crippen LogP contribution in [0.4, 0.5) is 0 Å². The molecule has 0 saturated heterocycles. The van der Waals surface area contributed by atoms with E-state index in [0.29, 0.717) is 16.7 Å². The fourth-order valence-electron chi connectivity index (χ4n) is 1.80. The van der Waals surface area contributed by atoms with Gasteiger partial charge in [0.2, 0.25) is 5.71 Å². The van der Waals surface area contributed by atoms with Crippen LogP contribution in [-0.2, 0) is 0 Å². The fraction of sp³-hybridized carbons (Fsp3) is 0. The maximum Gasteiger partial charge on any atom is 0.230 e. The molecule has 2 heterocycles. The van der Waals surface area contributed by atoms with Crippen molar-refractivity contribution in [2.24, 2.45) is 0 Å². The fourth-order valence-corrected chi connectivity index (χ4v) is 1.80. The average Bonchev–Trinajstić information content (AvgIpc) is 2.39. The molecule has 0 saturated carbocycles. The number of benzene rings is 1. The van der Waals surface area contributed by atoms with Crippen molar-refractivity contribution >= 4 is 11.1 Å². The summed E-state index contributed by atoms with van der Waals surface area (Å²) in [5.41, 5.74) is 0.563. The molecule has 0 radical (unpaired) electrons. The molecule has 3 rings (SSSR count). The summed E-state index contributed by atoms with van der Waals surface area (Å²) in [4.78, 5) is 15.9. The molecule has 0 fully saturated rings. The van der Waals surface area contributed by atoms with Crippen molar-refractivity contribution < 1.29 is 9.52 Å². The number of pyridine rings is 1. The van der Waals surface area contributed by atoms with Crippen molar-refractivity contribution in [1.29, 1.82) is 0 Å². The quantitative estimate of drug-likeness (QED) is 0.708. The smallest absolute Gasteiger partial charge is 0.230 e. The highest BCUT2D eigenvalue weighted by molar-refractivity contribution is 5.76. The number of nitrogens with zero attached hydrogens (tertiary/aromatic N) is 1. The first-order valence-electron chi connectivity index (χ1n) is 5.43. The van der Waals surface area contributed by atoms with Gasteiger partial charge in [0.05, 0.1) is 10.9 Å². The van der Waals surface area contributed by atoms with Crippen LogP contribution in [0.25, 0.3) is 22.4 Å². The zero-order chi connectivity index (χ0) is 12.5. The predicted molar refractivity (Wildman–Crippen MR) is 67.4 cm³/mol. The molecule has 0 aliphatic carbocycles. The van der Waals surface area contributed by atoms with E-state index in [2.05, 4.69) is 4.98 Å². The lowest BCUT2D eigenvalue weighted by molar-refractivity contribution is 0.474. The molecule has 3 aromatic rings. The summed E-state index contributed by atoms with van der Waals surface area (Å²) >= 11 is 0. The Morgan fingerprint density at radius 2 is 1.94 bits per heavy atom. The van der Waals surface area contributed by atoms with Gasteiger partial charge in [-0.05, 0) is 24.3 Å². The van der Waals surface area contributed by atoms with Gasteiger partial charge in [0.25, 0.3) is 0 Å². The summed E-state index contributed by atoms with van der Waals surface area (Å²) in [6, 6.07) is 11.4. The van der Waals surface area contributed by atoms with Crippen LogP contribution in [0.2, 0.25) is 0 Å². The lowest BCUT2D eigenvalue weighted by Crippen LogP contribution is -2.01. The molecule has 4 heteroatoms. The highest BCUT2D eigenvalue weighted by Crippen LogP contribution is 2.28. The van der Waals surface area contributed by atoms with Crippen molar-refractivity contribution in [2.45, 2.75) is 0 Å². The second-order valence-corrected chi connectivity index (χ2v) is 3.85. The summed E-state index contributed by atoms with van der Waals surface area (Å²) in [5.74, 6) is 0.375. The van der Waals surface area contributed by atoms with Crippen molar-refractivity contribution in [3.8, 4) is 17.1 Å². The van der Waals surface area contributed by atoms with Gasteiger partial charge in [-0.25, -0.2) is 4.98 Å². The van der Waals surface area contributed by atoms with Gasteiger partial charge in [-0.1, -0.05) is 12.1 Å². The number of hydrogen-bond acceptors (Lipinski definition) is 4. The molecule has 18 heavy (non-hydrogen) atoms. The van der Waals surface area contributed by atoms with E-state index in [4.69, 9.17) is 4.42 Å². The number of phenolic OH excluding ortho intramolecular Hbond substituents is 1. The number of rotatable bonds is 1. The maximum absolute atomic E-state index is 11.9. The molecule has 0 spiro atoms. The lowest BCUT2D eigenvalue weighted by Gasteiger charge is -2.03. The van der Waals surface area contributed by atoms with Crippen LogP contribution in [-0.4, -0.2) is 10.1 Å². The SMILES string of the molecule is O=c1cc(-c2ccccc2O)oc2ncccc12. The highest BCUT2D eigenvalue weighted by Gasteiger charge is 2.10. The normalized spacial score (nSPS) is 10.7. The van der Waals surface area contributed by atoms with Crippen LogP contribution in [0.1, 0.15) is 0 Å². The largest absolute Gasteiger partial charge is 0.507 e. The lowest BCUT2D eigenvalue weighted by atomic mass is 10.1. The Labute approximate surface area is 102 Å². The summed E-state index contributed by atoms with van der Waals surface area (Å²) < 4.78 is 5.54. The zero-order valence-electron chi connectivity index (χ0n) is 9.33. The minimum atomic E-state index is -0.178. The van der Waals surface area contributed by atoms with Crippen LogP contribution < -0.4 is 5.43 Å². The molecule has 0 aliphatic heterocycles. The van der Waals surface area contributed by atoms with Crippen molar-refractivity contribution in [2.75, 3.05) is 0 Å². The predicted octanol–water partition coefficient (Wildman–Crippen LogP) is 2.56. The minimum Gasteiger partial charge on any atom is -0.507 e. The van der Waals surface area contributed by atoms with Gasteiger partial charge in [-0.3, -0.25) is 4.79 Å². The summed E-state index contributed by atoms with van der Waals surface area (Å²) in [7, 11) is 0. The Bertz CT molecular complexity index is 777. The van der Waals surface area contributed by atoms with E-state index in [1.807, 2.05) is 0 Å². The Morgan fingerprint density at radius 3 is 2.78 bits per heavy atom. The Balaban J connectivity index is 2.32. The third-order valence-electron chi connectivity index (χ3n) is 2.67. The Morgan fingerprint density at radius 1 is 1.11 bits per heavy atom. The first-order chi connectivity index (χ1) is 8.75. The van der Waals surface area contributed by atoms with Crippen LogP contribution in [0.3, 0.4) is 0 Å². The molecular weight excluding hydrogens is 230 g/mol. The van der Waals surface area contributed by atoms with Crippen LogP contribution in [0.15, 0.2) is 57.9 Å². The van der Waals surface area contributed by atoms with Gasteiger partial charge in [0, 0.05) is 12.3 Å². The van der Waals surface area contributed by atoms with Gasteiger partial charge in [0.1, 0.15) is 11.5 Å². The standard InChI is InChI=1S/C14H9NO3/c16-11-6-2-1-4-9(11)13-8-12(17)10-5-3-7-15-14(10)18-13/h1-8,16H. The molecule has 0 bridgehead atoms. The molecule has 2 aromatic heterocycles. The van der Waals surface area contributed by atoms with E-state index in [9.17, 15) is 9.90 Å². The van der Waals surface area contributed by atoms with Crippen LogP contribution in [0.5, 0.6) is 5.75 Å². The molecule has 4 nitrogen and oxygen atoms in total. The average molecular weight is 239 g/mol. The molecule has 1 aromatic carbocycles. The van der Waals surface area contributed by atoms with Crippen molar-refractivity contribution in [1.82, 2.24) is 4.98 Å². The van der Waals surface area contributed by atoms with Gasteiger partial charge >= 0.3 is 0 Å². The first-order valence-corrected chi connectivity index (χ1v) is 5.43. The number of aromatic hydroxyl groups is 1. The van der Waals surface area contributed by atoms with E-state index in [1.165, 1.54) is 12.1 Å². The summed E-state index contributed by atoms with van der Waals surface area (Å²) in [5, 5.41) is 10.2. The molecule has 0 atom stereocenters. The zero-order valence-corrected chi connectivity index (χ0v) is 9.33. The Hall–Kier alpha value is -2.62. The van der Waals surface area contributed by atoms with E-state index >= 15 is 0 Å². The number of para-hydroxylation sites is 1. The summed E-state index contributed by atoms with van der Waals surface area (Å²) in [6.45, 7) is 0. The van der Waals surface area contributed by atoms with Crippen LogP contribution in [0, 0.1) is 0 Å². The second-order valence-electron chi connectivity index (χ2n) is 3.85.